The number of esters is 1. The van der Waals surface area contributed by atoms with Crippen LogP contribution in [0.2, 0.25) is 0 Å². The number of aromatic nitrogens is 2. The molecular formula is C22H23N3O4. The van der Waals surface area contributed by atoms with Crippen molar-refractivity contribution in [1.82, 2.24) is 9.55 Å². The van der Waals surface area contributed by atoms with Gasteiger partial charge in [-0.1, -0.05) is 42.5 Å². The van der Waals surface area contributed by atoms with Crippen molar-refractivity contribution >= 4 is 28.9 Å². The molecule has 1 aliphatic heterocycles. The fourth-order valence-electron chi connectivity index (χ4n) is 3.89. The maximum absolute atomic E-state index is 13.5. The summed E-state index contributed by atoms with van der Waals surface area (Å²) in [5.41, 5.74) is 2.48. The molecule has 1 amide bonds. The van der Waals surface area contributed by atoms with Gasteiger partial charge in [0.05, 0.1) is 36.8 Å². The fraction of sp³-hybridized carbons (Fsp3) is 0.318. The van der Waals surface area contributed by atoms with Crippen molar-refractivity contribution in [3.8, 4) is 0 Å². The van der Waals surface area contributed by atoms with Crippen molar-refractivity contribution < 1.29 is 19.1 Å². The van der Waals surface area contributed by atoms with Crippen LogP contribution in [-0.2, 0) is 19.1 Å². The molecule has 0 saturated carbocycles. The summed E-state index contributed by atoms with van der Waals surface area (Å²) in [4.78, 5) is 32.7. The summed E-state index contributed by atoms with van der Waals surface area (Å²) < 4.78 is 12.5. The quantitative estimate of drug-likeness (QED) is 0.476. The minimum Gasteiger partial charge on any atom is -0.465 e. The highest BCUT2D eigenvalue weighted by Crippen LogP contribution is 2.41. The van der Waals surface area contributed by atoms with Crippen molar-refractivity contribution in [2.75, 3.05) is 31.8 Å². The summed E-state index contributed by atoms with van der Waals surface area (Å²) in [7, 11) is 1.58. The normalized spacial score (nSPS) is 18.7. The predicted octanol–water partition coefficient (Wildman–Crippen LogP) is 2.80. The van der Waals surface area contributed by atoms with Crippen molar-refractivity contribution in [1.29, 1.82) is 0 Å². The maximum Gasteiger partial charge on any atom is 0.321 e. The van der Waals surface area contributed by atoms with Gasteiger partial charge in [-0.3, -0.25) is 14.5 Å². The summed E-state index contributed by atoms with van der Waals surface area (Å²) in [6.07, 6.45) is 0. The molecule has 2 atom stereocenters. The Labute approximate surface area is 168 Å². The molecule has 0 saturated heterocycles. The second kappa shape index (κ2) is 8.05. The Bertz CT molecular complexity index is 1030. The predicted molar refractivity (Wildman–Crippen MR) is 109 cm³/mol. The standard InChI is InChI=1S/C22H23N3O4/c1-3-29-21(27)18-19(15-9-5-4-6-10-15)25-17-12-8-7-11-16(17)23-22(25)24(20(18)26)13-14-28-2/h4-12,18-19H,3,13-14H2,1-2H3. The van der Waals surface area contributed by atoms with Crippen LogP contribution in [0.1, 0.15) is 18.5 Å². The number of fused-ring (bicyclic) bond motifs is 3. The number of rotatable bonds is 6. The van der Waals surface area contributed by atoms with E-state index in [0.717, 1.165) is 16.6 Å². The summed E-state index contributed by atoms with van der Waals surface area (Å²) in [6.45, 7) is 2.58. The highest BCUT2D eigenvalue weighted by atomic mass is 16.5. The van der Waals surface area contributed by atoms with Gasteiger partial charge in [-0.25, -0.2) is 4.98 Å². The number of anilines is 1. The molecule has 0 N–H and O–H groups in total. The Morgan fingerprint density at radius 3 is 2.55 bits per heavy atom. The zero-order valence-electron chi connectivity index (χ0n) is 16.4. The first-order chi connectivity index (χ1) is 14.2. The number of amides is 1. The van der Waals surface area contributed by atoms with Gasteiger partial charge < -0.3 is 14.0 Å². The van der Waals surface area contributed by atoms with Crippen LogP contribution in [0.25, 0.3) is 11.0 Å². The van der Waals surface area contributed by atoms with Crippen LogP contribution in [0.5, 0.6) is 0 Å². The first-order valence-corrected chi connectivity index (χ1v) is 9.66. The number of ether oxygens (including phenoxy) is 2. The van der Waals surface area contributed by atoms with Crippen LogP contribution >= 0.6 is 0 Å². The molecule has 1 aliphatic rings. The molecule has 4 rings (SSSR count). The Hall–Kier alpha value is -3.19. The summed E-state index contributed by atoms with van der Waals surface area (Å²) >= 11 is 0. The van der Waals surface area contributed by atoms with E-state index in [0.29, 0.717) is 19.1 Å². The Morgan fingerprint density at radius 2 is 1.83 bits per heavy atom. The lowest BCUT2D eigenvalue weighted by Gasteiger charge is -2.37. The number of methoxy groups -OCH3 is 1. The third kappa shape index (κ3) is 3.27. The van der Waals surface area contributed by atoms with Crippen LogP contribution in [0.15, 0.2) is 54.6 Å². The van der Waals surface area contributed by atoms with E-state index in [1.54, 1.807) is 14.0 Å². The van der Waals surface area contributed by atoms with Crippen LogP contribution in [0, 0.1) is 5.92 Å². The monoisotopic (exact) mass is 393 g/mol. The van der Waals surface area contributed by atoms with E-state index < -0.39 is 17.9 Å². The molecule has 0 radical (unpaired) electrons. The number of benzene rings is 2. The van der Waals surface area contributed by atoms with Gasteiger partial charge in [-0.2, -0.15) is 0 Å². The number of hydrogen-bond donors (Lipinski definition) is 0. The third-order valence-corrected chi connectivity index (χ3v) is 5.15. The number of carbonyl (C=O) groups is 2. The zero-order chi connectivity index (χ0) is 20.4. The Kier molecular flexibility index (Phi) is 5.31. The van der Waals surface area contributed by atoms with Gasteiger partial charge in [0.2, 0.25) is 11.9 Å². The lowest BCUT2D eigenvalue weighted by Crippen LogP contribution is -2.51. The van der Waals surface area contributed by atoms with E-state index >= 15 is 0 Å². The van der Waals surface area contributed by atoms with Gasteiger partial charge >= 0.3 is 5.97 Å². The van der Waals surface area contributed by atoms with E-state index in [2.05, 4.69) is 0 Å². The number of nitrogens with zero attached hydrogens (tertiary/aromatic N) is 3. The zero-order valence-corrected chi connectivity index (χ0v) is 16.4. The molecule has 150 valence electrons. The lowest BCUT2D eigenvalue weighted by atomic mass is 9.89. The SMILES string of the molecule is CCOC(=O)C1C(=O)N(CCOC)c2nc3ccccc3n2C1c1ccccc1. The smallest absolute Gasteiger partial charge is 0.321 e. The van der Waals surface area contributed by atoms with Crippen LogP contribution < -0.4 is 4.90 Å². The lowest BCUT2D eigenvalue weighted by molar-refractivity contribution is -0.153. The minimum absolute atomic E-state index is 0.208. The highest BCUT2D eigenvalue weighted by Gasteiger charge is 2.47. The second-order valence-electron chi connectivity index (χ2n) is 6.84. The number of imidazole rings is 1. The molecule has 0 bridgehead atoms. The van der Waals surface area contributed by atoms with Crippen molar-refractivity contribution in [2.24, 2.45) is 5.92 Å². The van der Waals surface area contributed by atoms with Gasteiger partial charge in [-0.05, 0) is 24.6 Å². The first-order valence-electron chi connectivity index (χ1n) is 9.66. The molecule has 0 aliphatic carbocycles. The molecule has 3 aromatic rings. The van der Waals surface area contributed by atoms with Gasteiger partial charge in [0, 0.05) is 7.11 Å². The molecule has 2 unspecified atom stereocenters. The van der Waals surface area contributed by atoms with E-state index in [4.69, 9.17) is 14.5 Å². The number of para-hydroxylation sites is 2. The minimum atomic E-state index is -1.00. The third-order valence-electron chi connectivity index (χ3n) is 5.15. The van der Waals surface area contributed by atoms with Gasteiger partial charge in [0.15, 0.2) is 5.92 Å². The molecule has 0 spiro atoms. The largest absolute Gasteiger partial charge is 0.465 e. The Balaban J connectivity index is 1.97. The van der Waals surface area contributed by atoms with E-state index in [9.17, 15) is 9.59 Å². The molecule has 1 aromatic heterocycles. The number of carbonyl (C=O) groups excluding carboxylic acids is 2. The molecule has 7 heteroatoms. The summed E-state index contributed by atoms with van der Waals surface area (Å²) in [5.74, 6) is -1.34. The molecule has 7 nitrogen and oxygen atoms in total. The average Bonchev–Trinajstić information content (AvgIpc) is 3.12. The molecule has 2 aromatic carbocycles. The highest BCUT2D eigenvalue weighted by molar-refractivity contribution is 6.08. The van der Waals surface area contributed by atoms with Gasteiger partial charge in [0.25, 0.3) is 0 Å². The maximum atomic E-state index is 13.5. The molecule has 2 heterocycles. The van der Waals surface area contributed by atoms with Gasteiger partial charge in [-0.15, -0.1) is 0 Å². The first kappa shape index (κ1) is 19.1. The van der Waals surface area contributed by atoms with E-state index in [1.165, 1.54) is 4.90 Å². The molecule has 0 fully saturated rings. The van der Waals surface area contributed by atoms with Crippen LogP contribution in [0.4, 0.5) is 5.95 Å². The topological polar surface area (TPSA) is 73.7 Å². The van der Waals surface area contributed by atoms with Crippen molar-refractivity contribution in [3.63, 3.8) is 0 Å². The second-order valence-corrected chi connectivity index (χ2v) is 6.84. The average molecular weight is 393 g/mol. The summed E-state index contributed by atoms with van der Waals surface area (Å²) in [5, 5.41) is 0. The van der Waals surface area contributed by atoms with E-state index in [1.807, 2.05) is 59.2 Å². The molecule has 29 heavy (non-hydrogen) atoms. The van der Waals surface area contributed by atoms with Gasteiger partial charge in [0.1, 0.15) is 0 Å². The van der Waals surface area contributed by atoms with Crippen LogP contribution in [-0.4, -0.2) is 48.3 Å². The molecular weight excluding hydrogens is 370 g/mol. The van der Waals surface area contributed by atoms with Crippen LogP contribution in [0.3, 0.4) is 0 Å². The van der Waals surface area contributed by atoms with E-state index in [-0.39, 0.29) is 12.5 Å². The fourth-order valence-corrected chi connectivity index (χ4v) is 3.89. The summed E-state index contributed by atoms with van der Waals surface area (Å²) in [6, 6.07) is 16.7. The van der Waals surface area contributed by atoms with Crippen molar-refractivity contribution in [3.05, 3.63) is 60.2 Å². The van der Waals surface area contributed by atoms with Crippen molar-refractivity contribution in [2.45, 2.75) is 13.0 Å². The Morgan fingerprint density at radius 1 is 1.10 bits per heavy atom. The number of hydrogen-bond acceptors (Lipinski definition) is 5.